The van der Waals surface area contributed by atoms with Crippen molar-refractivity contribution in [3.05, 3.63) is 18.0 Å². The summed E-state index contributed by atoms with van der Waals surface area (Å²) in [5, 5.41) is 7.22. The second-order valence-corrected chi connectivity index (χ2v) is 7.09. The van der Waals surface area contributed by atoms with Gasteiger partial charge in [0.15, 0.2) is 0 Å². The molecule has 1 N–H and O–H groups in total. The number of aromatic nitrogens is 2. The fraction of sp³-hybridized carbons (Fsp3) is 0.778. The molecule has 1 aromatic heterocycles. The second-order valence-electron chi connectivity index (χ2n) is 7.09. The van der Waals surface area contributed by atoms with Crippen LogP contribution in [0.15, 0.2) is 12.4 Å². The molecule has 3 rings (SSSR count). The predicted octanol–water partition coefficient (Wildman–Crippen LogP) is 0.562. The molecule has 25 heavy (non-hydrogen) atoms. The molecule has 2 saturated heterocycles. The van der Waals surface area contributed by atoms with E-state index in [2.05, 4.69) is 33.3 Å². The minimum Gasteiger partial charge on any atom is -0.381 e. The van der Waals surface area contributed by atoms with Gasteiger partial charge >= 0.3 is 0 Å². The Hall–Kier alpha value is -1.44. The summed E-state index contributed by atoms with van der Waals surface area (Å²) in [4.78, 5) is 17.3. The van der Waals surface area contributed by atoms with E-state index in [9.17, 15) is 4.79 Å². The van der Waals surface area contributed by atoms with Crippen molar-refractivity contribution in [1.82, 2.24) is 24.9 Å². The molecule has 1 aromatic rings. The van der Waals surface area contributed by atoms with E-state index in [-0.39, 0.29) is 11.8 Å². The van der Waals surface area contributed by atoms with Crippen molar-refractivity contribution < 1.29 is 9.53 Å². The molecule has 0 saturated carbocycles. The Morgan fingerprint density at radius 2 is 2.12 bits per heavy atom. The van der Waals surface area contributed by atoms with Gasteiger partial charge in [0.1, 0.15) is 0 Å². The summed E-state index contributed by atoms with van der Waals surface area (Å²) in [6, 6.07) is 0.545. The van der Waals surface area contributed by atoms with Crippen LogP contribution in [-0.4, -0.2) is 78.0 Å². The standard InChI is InChI=1S/C18H31N5O2/c1-3-23-12-15(10-20-23)11-21-6-7-22(17-4-8-25-9-5-17)14-16(13-21)18(24)19-2/h10,12,16-17H,3-9,11,13-14H2,1-2H3,(H,19,24)/t16-/m0/s1. The minimum atomic E-state index is 0.0107. The molecule has 0 aliphatic carbocycles. The maximum absolute atomic E-state index is 12.4. The van der Waals surface area contributed by atoms with E-state index in [1.807, 2.05) is 10.9 Å². The van der Waals surface area contributed by atoms with Crippen LogP contribution in [-0.2, 0) is 22.6 Å². The van der Waals surface area contributed by atoms with Gasteiger partial charge in [-0.2, -0.15) is 5.10 Å². The molecule has 3 heterocycles. The van der Waals surface area contributed by atoms with Crippen LogP contribution in [0.3, 0.4) is 0 Å². The molecule has 0 unspecified atom stereocenters. The first-order valence-electron chi connectivity index (χ1n) is 9.46. The average Bonchev–Trinajstić information content (AvgIpc) is 3.00. The molecular formula is C18H31N5O2. The smallest absolute Gasteiger partial charge is 0.225 e. The van der Waals surface area contributed by atoms with Gasteiger partial charge in [0.2, 0.25) is 5.91 Å². The minimum absolute atomic E-state index is 0.0107. The van der Waals surface area contributed by atoms with Gasteiger partial charge in [0.05, 0.1) is 12.1 Å². The molecule has 2 aliphatic rings. The van der Waals surface area contributed by atoms with Crippen LogP contribution in [0.2, 0.25) is 0 Å². The number of aryl methyl sites for hydroxylation is 1. The van der Waals surface area contributed by atoms with E-state index < -0.39 is 0 Å². The van der Waals surface area contributed by atoms with E-state index in [0.29, 0.717) is 6.04 Å². The first kappa shape index (κ1) is 18.4. The second kappa shape index (κ2) is 8.78. The Balaban J connectivity index is 1.67. The van der Waals surface area contributed by atoms with Gasteiger partial charge in [-0.15, -0.1) is 0 Å². The van der Waals surface area contributed by atoms with Crippen LogP contribution in [0, 0.1) is 5.92 Å². The monoisotopic (exact) mass is 349 g/mol. The summed E-state index contributed by atoms with van der Waals surface area (Å²) in [5.74, 6) is 0.157. The summed E-state index contributed by atoms with van der Waals surface area (Å²) in [6.45, 7) is 9.16. The first-order valence-corrected chi connectivity index (χ1v) is 9.46. The highest BCUT2D eigenvalue weighted by molar-refractivity contribution is 5.78. The van der Waals surface area contributed by atoms with Gasteiger partial charge in [-0.25, -0.2) is 0 Å². The molecule has 1 atom stereocenters. The molecule has 0 spiro atoms. The van der Waals surface area contributed by atoms with Crippen molar-refractivity contribution in [2.75, 3.05) is 46.4 Å². The van der Waals surface area contributed by atoms with Gasteiger partial charge in [-0.3, -0.25) is 19.3 Å². The molecule has 2 fully saturated rings. The molecule has 1 amide bonds. The van der Waals surface area contributed by atoms with Crippen LogP contribution >= 0.6 is 0 Å². The van der Waals surface area contributed by atoms with Crippen molar-refractivity contribution in [2.45, 2.75) is 38.9 Å². The normalized spacial score (nSPS) is 24.2. The number of carbonyl (C=O) groups is 1. The third kappa shape index (κ3) is 4.80. The Morgan fingerprint density at radius 1 is 1.32 bits per heavy atom. The lowest BCUT2D eigenvalue weighted by molar-refractivity contribution is -0.125. The third-order valence-corrected chi connectivity index (χ3v) is 5.38. The van der Waals surface area contributed by atoms with Gasteiger partial charge in [0, 0.05) is 77.3 Å². The number of nitrogens with one attached hydrogen (secondary N) is 1. The lowest BCUT2D eigenvalue weighted by atomic mass is 10.0. The van der Waals surface area contributed by atoms with Crippen molar-refractivity contribution in [2.24, 2.45) is 5.92 Å². The number of hydrogen-bond acceptors (Lipinski definition) is 5. The largest absolute Gasteiger partial charge is 0.381 e. The highest BCUT2D eigenvalue weighted by Gasteiger charge is 2.31. The molecule has 140 valence electrons. The number of carbonyl (C=O) groups excluding carboxylic acids is 1. The maximum atomic E-state index is 12.4. The average molecular weight is 349 g/mol. The Kier molecular flexibility index (Phi) is 6.45. The molecule has 2 aliphatic heterocycles. The summed E-state index contributed by atoms with van der Waals surface area (Å²) in [6.07, 6.45) is 6.20. The number of rotatable bonds is 5. The van der Waals surface area contributed by atoms with Crippen LogP contribution in [0.25, 0.3) is 0 Å². The van der Waals surface area contributed by atoms with Gasteiger partial charge in [-0.05, 0) is 19.8 Å². The van der Waals surface area contributed by atoms with E-state index in [4.69, 9.17) is 4.74 Å². The zero-order chi connectivity index (χ0) is 17.6. The molecule has 7 nitrogen and oxygen atoms in total. The van der Waals surface area contributed by atoms with Crippen molar-refractivity contribution in [3.8, 4) is 0 Å². The number of nitrogens with zero attached hydrogens (tertiary/aromatic N) is 4. The van der Waals surface area contributed by atoms with Crippen LogP contribution < -0.4 is 5.32 Å². The third-order valence-electron chi connectivity index (χ3n) is 5.38. The first-order chi connectivity index (χ1) is 12.2. The Bertz CT molecular complexity index is 555. The lowest BCUT2D eigenvalue weighted by Crippen LogP contribution is -2.45. The van der Waals surface area contributed by atoms with E-state index >= 15 is 0 Å². The molecule has 0 radical (unpaired) electrons. The summed E-state index contributed by atoms with van der Waals surface area (Å²) in [5.41, 5.74) is 1.22. The molecule has 0 aromatic carbocycles. The topological polar surface area (TPSA) is 62.6 Å². The lowest BCUT2D eigenvalue weighted by Gasteiger charge is -2.34. The highest BCUT2D eigenvalue weighted by atomic mass is 16.5. The van der Waals surface area contributed by atoms with Gasteiger partial charge < -0.3 is 10.1 Å². The SMILES string of the molecule is CCn1cc(CN2CCN(C3CCOCC3)C[C@@H](C(=O)NC)C2)cn1. The molecule has 7 heteroatoms. The van der Waals surface area contributed by atoms with E-state index in [1.54, 1.807) is 7.05 Å². The quantitative estimate of drug-likeness (QED) is 0.842. The van der Waals surface area contributed by atoms with Crippen LogP contribution in [0.5, 0.6) is 0 Å². The number of amides is 1. The van der Waals surface area contributed by atoms with E-state index in [1.165, 1.54) is 5.56 Å². The van der Waals surface area contributed by atoms with Crippen molar-refractivity contribution in [1.29, 1.82) is 0 Å². The zero-order valence-corrected chi connectivity index (χ0v) is 15.5. The summed E-state index contributed by atoms with van der Waals surface area (Å²) in [7, 11) is 1.74. The van der Waals surface area contributed by atoms with E-state index in [0.717, 1.165) is 65.3 Å². The Morgan fingerprint density at radius 3 is 2.80 bits per heavy atom. The fourth-order valence-corrected chi connectivity index (χ4v) is 3.92. The molecule has 0 bridgehead atoms. The van der Waals surface area contributed by atoms with Crippen molar-refractivity contribution in [3.63, 3.8) is 0 Å². The fourth-order valence-electron chi connectivity index (χ4n) is 3.92. The number of ether oxygens (including phenoxy) is 1. The van der Waals surface area contributed by atoms with Gasteiger partial charge in [0.25, 0.3) is 0 Å². The van der Waals surface area contributed by atoms with Crippen molar-refractivity contribution >= 4 is 5.91 Å². The van der Waals surface area contributed by atoms with Crippen LogP contribution in [0.4, 0.5) is 0 Å². The number of hydrogen-bond donors (Lipinski definition) is 1. The zero-order valence-electron chi connectivity index (χ0n) is 15.5. The summed E-state index contributed by atoms with van der Waals surface area (Å²) >= 11 is 0. The van der Waals surface area contributed by atoms with Crippen LogP contribution in [0.1, 0.15) is 25.3 Å². The summed E-state index contributed by atoms with van der Waals surface area (Å²) < 4.78 is 7.46. The Labute approximate surface area is 150 Å². The van der Waals surface area contributed by atoms with Gasteiger partial charge in [-0.1, -0.05) is 0 Å². The maximum Gasteiger partial charge on any atom is 0.225 e. The predicted molar refractivity (Wildman–Crippen MR) is 96.1 cm³/mol. The highest BCUT2D eigenvalue weighted by Crippen LogP contribution is 2.20. The molecular weight excluding hydrogens is 318 g/mol.